The van der Waals surface area contributed by atoms with Gasteiger partial charge in [0.25, 0.3) is 0 Å². The largest absolute Gasteiger partial charge is 0.481 e. The predicted molar refractivity (Wildman–Crippen MR) is 87.4 cm³/mol. The first-order chi connectivity index (χ1) is 10.4. The van der Waals surface area contributed by atoms with Crippen LogP contribution in [0.5, 0.6) is 0 Å². The fraction of sp³-hybridized carbons (Fsp3) is 0.500. The number of hydrogen-bond donors (Lipinski definition) is 2. The van der Waals surface area contributed by atoms with Gasteiger partial charge in [0.05, 0.1) is 18.5 Å². The Hall–Kier alpha value is -1.40. The summed E-state index contributed by atoms with van der Waals surface area (Å²) in [6, 6.07) is 7.74. The van der Waals surface area contributed by atoms with Crippen LogP contribution in [0.2, 0.25) is 0 Å². The fourth-order valence-corrected chi connectivity index (χ4v) is 3.11. The average Bonchev–Trinajstić information content (AvgIpc) is 2.80. The molecule has 22 heavy (non-hydrogen) atoms. The van der Waals surface area contributed by atoms with E-state index in [2.05, 4.69) is 21.2 Å². The standard InChI is InChI=1S/C16H21BrN2O3/c1-10-7-19(8-14(10)16(21)22)9-15(20)18-11(2)12-3-5-13(17)6-4-12/h3-6,10-11,14H,7-9H2,1-2H3,(H,18,20)(H,21,22)/t10-,11?,14-/m1/s1. The van der Waals surface area contributed by atoms with Crippen LogP contribution >= 0.6 is 15.9 Å². The van der Waals surface area contributed by atoms with Crippen molar-refractivity contribution in [3.8, 4) is 0 Å². The van der Waals surface area contributed by atoms with Gasteiger partial charge in [-0.3, -0.25) is 14.5 Å². The van der Waals surface area contributed by atoms with Crippen molar-refractivity contribution >= 4 is 27.8 Å². The highest BCUT2D eigenvalue weighted by Crippen LogP contribution is 2.23. The lowest BCUT2D eigenvalue weighted by Crippen LogP contribution is -2.37. The van der Waals surface area contributed by atoms with Gasteiger partial charge in [0.15, 0.2) is 0 Å². The Morgan fingerprint density at radius 3 is 2.55 bits per heavy atom. The van der Waals surface area contributed by atoms with Gasteiger partial charge < -0.3 is 10.4 Å². The van der Waals surface area contributed by atoms with E-state index in [1.807, 2.05) is 43.0 Å². The van der Waals surface area contributed by atoms with Crippen molar-refractivity contribution in [1.82, 2.24) is 10.2 Å². The molecule has 2 rings (SSSR count). The maximum Gasteiger partial charge on any atom is 0.308 e. The lowest BCUT2D eigenvalue weighted by atomic mass is 9.99. The molecule has 1 heterocycles. The van der Waals surface area contributed by atoms with Crippen molar-refractivity contribution < 1.29 is 14.7 Å². The van der Waals surface area contributed by atoms with E-state index in [1.54, 1.807) is 0 Å². The highest BCUT2D eigenvalue weighted by atomic mass is 79.9. The van der Waals surface area contributed by atoms with E-state index in [-0.39, 0.29) is 30.3 Å². The topological polar surface area (TPSA) is 69.6 Å². The van der Waals surface area contributed by atoms with Gasteiger partial charge in [-0.1, -0.05) is 35.0 Å². The lowest BCUT2D eigenvalue weighted by molar-refractivity contribution is -0.142. The van der Waals surface area contributed by atoms with Crippen LogP contribution in [0.15, 0.2) is 28.7 Å². The normalized spacial score (nSPS) is 23.2. The van der Waals surface area contributed by atoms with Crippen LogP contribution < -0.4 is 5.32 Å². The fourth-order valence-electron chi connectivity index (χ4n) is 2.84. The number of benzene rings is 1. The van der Waals surface area contributed by atoms with Crippen molar-refractivity contribution in [1.29, 1.82) is 0 Å². The summed E-state index contributed by atoms with van der Waals surface area (Å²) in [7, 11) is 0. The zero-order valence-corrected chi connectivity index (χ0v) is 14.3. The molecule has 1 aliphatic rings. The van der Waals surface area contributed by atoms with Crippen LogP contribution in [0.25, 0.3) is 0 Å². The highest BCUT2D eigenvalue weighted by Gasteiger charge is 2.35. The summed E-state index contributed by atoms with van der Waals surface area (Å²) in [5.41, 5.74) is 1.04. The molecule has 1 saturated heterocycles. The Labute approximate surface area is 138 Å². The number of aliphatic carboxylic acids is 1. The zero-order chi connectivity index (χ0) is 16.3. The van der Waals surface area contributed by atoms with E-state index >= 15 is 0 Å². The maximum absolute atomic E-state index is 12.1. The van der Waals surface area contributed by atoms with Gasteiger partial charge in [-0.05, 0) is 30.5 Å². The molecule has 0 radical (unpaired) electrons. The molecule has 0 bridgehead atoms. The van der Waals surface area contributed by atoms with Crippen LogP contribution in [0.4, 0.5) is 0 Å². The third-order valence-corrected chi connectivity index (χ3v) is 4.65. The lowest BCUT2D eigenvalue weighted by Gasteiger charge is -2.18. The number of carbonyl (C=O) groups excluding carboxylic acids is 1. The minimum atomic E-state index is -0.779. The van der Waals surface area contributed by atoms with Crippen LogP contribution in [0.1, 0.15) is 25.5 Å². The third kappa shape index (κ3) is 4.30. The molecule has 5 nitrogen and oxygen atoms in total. The van der Waals surface area contributed by atoms with Crippen LogP contribution in [-0.4, -0.2) is 41.5 Å². The van der Waals surface area contributed by atoms with E-state index < -0.39 is 5.97 Å². The number of carbonyl (C=O) groups is 2. The number of rotatable bonds is 5. The van der Waals surface area contributed by atoms with Crippen molar-refractivity contribution in [2.24, 2.45) is 11.8 Å². The monoisotopic (exact) mass is 368 g/mol. The van der Waals surface area contributed by atoms with E-state index in [9.17, 15) is 9.59 Å². The second-order valence-corrected chi connectivity index (χ2v) is 6.87. The minimum absolute atomic E-state index is 0.0732. The predicted octanol–water partition coefficient (Wildman–Crippen LogP) is 2.28. The number of hydrogen-bond acceptors (Lipinski definition) is 3. The van der Waals surface area contributed by atoms with Crippen LogP contribution in [-0.2, 0) is 9.59 Å². The summed E-state index contributed by atoms with van der Waals surface area (Å²) in [4.78, 5) is 25.1. The molecule has 2 N–H and O–H groups in total. The minimum Gasteiger partial charge on any atom is -0.481 e. The third-order valence-electron chi connectivity index (χ3n) is 4.12. The Balaban J connectivity index is 1.85. The number of halogens is 1. The first-order valence-corrected chi connectivity index (χ1v) is 8.16. The van der Waals surface area contributed by atoms with Gasteiger partial charge in [0.1, 0.15) is 0 Å². The van der Waals surface area contributed by atoms with Gasteiger partial charge in [0, 0.05) is 17.6 Å². The Morgan fingerprint density at radius 1 is 1.36 bits per heavy atom. The molecule has 0 spiro atoms. The summed E-state index contributed by atoms with van der Waals surface area (Å²) < 4.78 is 1.00. The van der Waals surface area contributed by atoms with Gasteiger partial charge in [0.2, 0.25) is 5.91 Å². The Kier molecular flexibility index (Phi) is 5.58. The molecular formula is C16H21BrN2O3. The van der Waals surface area contributed by atoms with Gasteiger partial charge >= 0.3 is 5.97 Å². The van der Waals surface area contributed by atoms with Crippen molar-refractivity contribution in [2.45, 2.75) is 19.9 Å². The van der Waals surface area contributed by atoms with E-state index in [0.29, 0.717) is 13.1 Å². The zero-order valence-electron chi connectivity index (χ0n) is 12.8. The van der Waals surface area contributed by atoms with Crippen LogP contribution in [0.3, 0.4) is 0 Å². The molecule has 1 unspecified atom stereocenters. The quantitative estimate of drug-likeness (QED) is 0.836. The first kappa shape index (κ1) is 17.0. The Morgan fingerprint density at radius 2 is 2.00 bits per heavy atom. The van der Waals surface area contributed by atoms with E-state index in [1.165, 1.54) is 0 Å². The molecule has 1 aromatic rings. The number of nitrogens with zero attached hydrogens (tertiary/aromatic N) is 1. The molecule has 1 aliphatic heterocycles. The van der Waals surface area contributed by atoms with Crippen molar-refractivity contribution in [3.05, 3.63) is 34.3 Å². The number of amides is 1. The average molecular weight is 369 g/mol. The number of carboxylic acids is 1. The number of carboxylic acid groups (broad SMARTS) is 1. The maximum atomic E-state index is 12.1. The number of nitrogens with one attached hydrogen (secondary N) is 1. The van der Waals surface area contributed by atoms with Gasteiger partial charge in [-0.2, -0.15) is 0 Å². The SMILES string of the molecule is CC(NC(=O)CN1C[C@@H](C)[C@H](C(=O)O)C1)c1ccc(Br)cc1. The summed E-state index contributed by atoms with van der Waals surface area (Å²) in [6.07, 6.45) is 0. The molecule has 1 amide bonds. The molecule has 6 heteroatoms. The molecule has 120 valence electrons. The molecule has 1 aromatic carbocycles. The molecule has 3 atom stereocenters. The summed E-state index contributed by atoms with van der Waals surface area (Å²) in [6.45, 7) is 5.19. The van der Waals surface area contributed by atoms with Gasteiger partial charge in [-0.25, -0.2) is 0 Å². The van der Waals surface area contributed by atoms with Gasteiger partial charge in [-0.15, -0.1) is 0 Å². The Bertz CT molecular complexity index is 547. The molecule has 0 aromatic heterocycles. The smallest absolute Gasteiger partial charge is 0.308 e. The second kappa shape index (κ2) is 7.24. The highest BCUT2D eigenvalue weighted by molar-refractivity contribution is 9.10. The molecular weight excluding hydrogens is 348 g/mol. The number of likely N-dealkylation sites (tertiary alicyclic amines) is 1. The van der Waals surface area contributed by atoms with Crippen molar-refractivity contribution in [2.75, 3.05) is 19.6 Å². The molecule has 0 saturated carbocycles. The first-order valence-electron chi connectivity index (χ1n) is 7.36. The summed E-state index contributed by atoms with van der Waals surface area (Å²) >= 11 is 3.38. The summed E-state index contributed by atoms with van der Waals surface area (Å²) in [5.74, 6) is -1.15. The van der Waals surface area contributed by atoms with E-state index in [0.717, 1.165) is 10.0 Å². The summed E-state index contributed by atoms with van der Waals surface area (Å²) in [5, 5.41) is 12.1. The van der Waals surface area contributed by atoms with Crippen LogP contribution in [0, 0.1) is 11.8 Å². The van der Waals surface area contributed by atoms with E-state index in [4.69, 9.17) is 5.11 Å². The molecule has 0 aliphatic carbocycles. The second-order valence-electron chi connectivity index (χ2n) is 5.96. The molecule has 1 fully saturated rings. The van der Waals surface area contributed by atoms with Crippen molar-refractivity contribution in [3.63, 3.8) is 0 Å².